The Bertz CT molecular complexity index is 209. The molecular weight excluding hydrogens is 138 g/mol. The van der Waals surface area contributed by atoms with Crippen molar-refractivity contribution in [3.8, 4) is 0 Å². The third kappa shape index (κ3) is 1.42. The first kappa shape index (κ1) is 2.36. The van der Waals surface area contributed by atoms with E-state index in [0.717, 1.165) is 0 Å². The van der Waals surface area contributed by atoms with Crippen LogP contribution in [0.1, 0.15) is 5.48 Å². The van der Waals surface area contributed by atoms with Gasteiger partial charge in [0.2, 0.25) is 0 Å². The molecule has 0 bridgehead atoms. The van der Waals surface area contributed by atoms with Crippen molar-refractivity contribution in [1.82, 2.24) is 0 Å². The minimum atomic E-state index is -4.06. The molecule has 0 radical (unpaired) electrons. The van der Waals surface area contributed by atoms with Gasteiger partial charge in [0.1, 0.15) is 0 Å². The van der Waals surface area contributed by atoms with Gasteiger partial charge < -0.3 is 0 Å². The zero-order valence-corrected chi connectivity index (χ0v) is 4.70. The second kappa shape index (κ2) is 1.75. The van der Waals surface area contributed by atoms with Crippen molar-refractivity contribution in [2.45, 2.75) is 0 Å². The van der Waals surface area contributed by atoms with Crippen molar-refractivity contribution in [3.63, 3.8) is 0 Å². The molecule has 1 aliphatic heterocycles. The predicted molar refractivity (Wildman–Crippen MR) is 25.4 cm³/mol. The highest BCUT2D eigenvalue weighted by molar-refractivity contribution is 7.81. The first-order chi connectivity index (χ1) is 4.66. The van der Waals surface area contributed by atoms with Crippen LogP contribution in [0.2, 0.25) is 0 Å². The Balaban J connectivity index is 2.98. The largest absolute Gasteiger partial charge is 0.424 e. The summed E-state index contributed by atoms with van der Waals surface area (Å²) in [5, 5.41) is 0. The van der Waals surface area contributed by atoms with Gasteiger partial charge in [0.15, 0.2) is 0 Å². The molecule has 0 amide bonds. The second-order valence-corrected chi connectivity index (χ2v) is 3.29. The Morgan fingerprint density at radius 2 is 2.14 bits per heavy atom. The van der Waals surface area contributed by atoms with Gasteiger partial charge in [-0.25, -0.2) is 4.57 Å². The third-order valence-electron chi connectivity index (χ3n) is 0.351. The number of hydrogen-bond acceptors (Lipinski definition) is 3. The van der Waals surface area contributed by atoms with Crippen LogP contribution in [0, 0.1) is 0 Å². The molecule has 1 rings (SSSR count). The van der Waals surface area contributed by atoms with Gasteiger partial charge in [0.25, 0.3) is 0 Å². The minimum absolute atomic E-state index is 2.76. The number of halogens is 1. The van der Waals surface area contributed by atoms with Crippen molar-refractivity contribution in [2.24, 2.45) is 0 Å². The van der Waals surface area contributed by atoms with Crippen molar-refractivity contribution in [1.29, 1.82) is 0 Å². The summed E-state index contributed by atoms with van der Waals surface area (Å²) in [6.07, 6.45) is 0. The van der Waals surface area contributed by atoms with Crippen LogP contribution in [0.25, 0.3) is 0 Å². The summed E-state index contributed by atoms with van der Waals surface area (Å²) in [7, 11) is 0. The van der Waals surface area contributed by atoms with Gasteiger partial charge in [-0.05, 0) is 0 Å². The maximum atomic E-state index is 10.7. The van der Waals surface area contributed by atoms with Crippen LogP contribution in [0.3, 0.4) is 0 Å². The molecule has 1 saturated heterocycles. The molecule has 0 atom stereocenters. The molecule has 0 aromatic carbocycles. The number of hydrogen-bond donors (Lipinski definition) is 0. The van der Waals surface area contributed by atoms with Crippen LogP contribution in [0.5, 0.6) is 0 Å². The summed E-state index contributed by atoms with van der Waals surface area (Å²) in [6.45, 7) is -9.58. The zero-order valence-electron chi connectivity index (χ0n) is 7.05. The quantitative estimate of drug-likeness (QED) is 0.485. The number of rotatable bonds is 0. The van der Waals surface area contributed by atoms with Gasteiger partial charge in [0.05, 0.1) is 18.6 Å². The summed E-state index contributed by atoms with van der Waals surface area (Å²) < 4.78 is 46.0. The van der Waals surface area contributed by atoms with Gasteiger partial charge in [-0.1, -0.05) is 0 Å². The molecule has 0 aromatic heterocycles. The van der Waals surface area contributed by atoms with Gasteiger partial charge >= 0.3 is 6.95 Å². The highest BCUT2D eigenvalue weighted by atomic mass is 35.7. The SMILES string of the molecule is [2H]C1([2H])OP(=O)(Cl)OC1([2H])[2H]. The van der Waals surface area contributed by atoms with Crippen LogP contribution in [0.15, 0.2) is 0 Å². The minimum Gasteiger partial charge on any atom is -0.294 e. The van der Waals surface area contributed by atoms with Crippen molar-refractivity contribution in [3.05, 3.63) is 0 Å². The topological polar surface area (TPSA) is 35.5 Å². The van der Waals surface area contributed by atoms with Crippen molar-refractivity contribution in [2.75, 3.05) is 13.1 Å². The highest BCUT2D eigenvalue weighted by Crippen LogP contribution is 2.56. The molecule has 0 saturated carbocycles. The molecule has 1 heterocycles. The van der Waals surface area contributed by atoms with Gasteiger partial charge in [-0.3, -0.25) is 9.05 Å². The average molecular weight is 147 g/mol. The van der Waals surface area contributed by atoms with E-state index in [0.29, 0.717) is 0 Å². The highest BCUT2D eigenvalue weighted by Gasteiger charge is 2.25. The van der Waals surface area contributed by atoms with Gasteiger partial charge in [-0.2, -0.15) is 0 Å². The second-order valence-electron chi connectivity index (χ2n) is 0.817. The molecule has 0 aromatic rings. The normalized spacial score (nSPS) is 51.0. The molecule has 0 aliphatic carbocycles. The van der Waals surface area contributed by atoms with Gasteiger partial charge in [0, 0.05) is 11.2 Å². The summed E-state index contributed by atoms with van der Waals surface area (Å²) in [6, 6.07) is 0. The molecular formula is C2H4ClO3P. The lowest BCUT2D eigenvalue weighted by atomic mass is 10.8. The molecule has 1 fully saturated rings. The maximum absolute atomic E-state index is 10.7. The van der Waals surface area contributed by atoms with E-state index in [1.165, 1.54) is 0 Å². The van der Waals surface area contributed by atoms with E-state index in [1.807, 2.05) is 0 Å². The van der Waals surface area contributed by atoms with E-state index in [4.69, 9.17) is 16.7 Å². The maximum Gasteiger partial charge on any atom is 0.424 e. The van der Waals surface area contributed by atoms with E-state index in [1.54, 1.807) is 0 Å². The van der Waals surface area contributed by atoms with Crippen LogP contribution in [-0.2, 0) is 13.6 Å². The van der Waals surface area contributed by atoms with Crippen LogP contribution < -0.4 is 0 Å². The molecule has 5 heteroatoms. The fourth-order valence-corrected chi connectivity index (χ4v) is 0.702. The molecule has 3 nitrogen and oxygen atoms in total. The first-order valence-corrected chi connectivity index (χ1v) is 3.82. The molecule has 1 aliphatic rings. The van der Waals surface area contributed by atoms with Gasteiger partial charge in [-0.15, -0.1) is 0 Å². The van der Waals surface area contributed by atoms with E-state index >= 15 is 0 Å². The van der Waals surface area contributed by atoms with E-state index in [9.17, 15) is 4.57 Å². The smallest absolute Gasteiger partial charge is 0.294 e. The summed E-state index contributed by atoms with van der Waals surface area (Å²) in [5.74, 6) is 0. The van der Waals surface area contributed by atoms with Crippen molar-refractivity contribution >= 4 is 18.2 Å². The summed E-state index contributed by atoms with van der Waals surface area (Å²) in [4.78, 5) is 0. The standard InChI is InChI=1S/C2H4ClO3P/c3-7(4)5-1-2-6-7/h1-2H2/i1D2,2D2. The zero-order chi connectivity index (χ0) is 8.91. The van der Waals surface area contributed by atoms with Crippen LogP contribution >= 0.6 is 18.2 Å². The Hall–Kier alpha value is 0.440. The Morgan fingerprint density at radius 3 is 2.29 bits per heavy atom. The lowest BCUT2D eigenvalue weighted by Crippen LogP contribution is -1.79. The first-order valence-electron chi connectivity index (χ1n) is 3.38. The fraction of sp³-hybridized carbons (Fsp3) is 1.00. The monoisotopic (exact) mass is 146 g/mol. The lowest BCUT2D eigenvalue weighted by molar-refractivity contribution is 0.365. The van der Waals surface area contributed by atoms with E-state index in [2.05, 4.69) is 9.05 Å². The molecule has 7 heavy (non-hydrogen) atoms. The third-order valence-corrected chi connectivity index (χ3v) is 1.38. The summed E-state index contributed by atoms with van der Waals surface area (Å²) >= 11 is 4.97. The van der Waals surface area contributed by atoms with Crippen molar-refractivity contribution < 1.29 is 19.1 Å². The lowest BCUT2D eigenvalue weighted by Gasteiger charge is -1.93. The molecule has 0 N–H and O–H groups in total. The average Bonchev–Trinajstić information content (AvgIpc) is 1.66. The Morgan fingerprint density at radius 1 is 1.71 bits per heavy atom. The summed E-state index contributed by atoms with van der Waals surface area (Å²) in [5.41, 5.74) is 0. The Labute approximate surface area is 51.5 Å². The van der Waals surface area contributed by atoms with E-state index in [-0.39, 0.29) is 0 Å². The van der Waals surface area contributed by atoms with Crippen LogP contribution in [0.4, 0.5) is 0 Å². The molecule has 0 unspecified atom stereocenters. The molecule has 42 valence electrons. The predicted octanol–water partition coefficient (Wildman–Crippen LogP) is 1.38. The van der Waals surface area contributed by atoms with Crippen LogP contribution in [-0.4, -0.2) is 13.1 Å². The fourth-order valence-electron chi connectivity index (χ4n) is 0.165. The van der Waals surface area contributed by atoms with E-state index < -0.39 is 20.1 Å². The Kier molecular flexibility index (Phi) is 0.589. The molecule has 0 spiro atoms.